The van der Waals surface area contributed by atoms with Crippen molar-refractivity contribution >= 4 is 0 Å². The molecule has 0 radical (unpaired) electrons. The molecule has 0 fully saturated rings. The number of hydrogen-bond acceptors (Lipinski definition) is 2. The predicted octanol–water partition coefficient (Wildman–Crippen LogP) is 1.55. The molecule has 1 heterocycles. The Morgan fingerprint density at radius 2 is 2.36 bits per heavy atom. The number of nitrogens with zero attached hydrogens (tertiary/aromatic N) is 1. The minimum absolute atomic E-state index is 0.240. The zero-order chi connectivity index (χ0) is 8.27. The van der Waals surface area contributed by atoms with E-state index in [0.717, 1.165) is 25.1 Å². The van der Waals surface area contributed by atoms with Gasteiger partial charge >= 0.3 is 5.76 Å². The van der Waals surface area contributed by atoms with Gasteiger partial charge in [-0.25, -0.2) is 4.79 Å². The second-order valence-electron chi connectivity index (χ2n) is 2.65. The summed E-state index contributed by atoms with van der Waals surface area (Å²) < 4.78 is 6.36. The number of unbranched alkanes of at least 4 members (excludes halogenated alkanes) is 1. The van der Waals surface area contributed by atoms with Crippen LogP contribution in [0.3, 0.4) is 0 Å². The predicted molar refractivity (Wildman–Crippen MR) is 42.6 cm³/mol. The van der Waals surface area contributed by atoms with Crippen LogP contribution < -0.4 is 5.76 Å². The third-order valence-corrected chi connectivity index (χ3v) is 1.71. The Morgan fingerprint density at radius 1 is 1.64 bits per heavy atom. The van der Waals surface area contributed by atoms with Crippen LogP contribution >= 0.6 is 0 Å². The highest BCUT2D eigenvalue weighted by Gasteiger charge is 2.01. The van der Waals surface area contributed by atoms with Gasteiger partial charge in [-0.3, -0.25) is 4.57 Å². The minimum atomic E-state index is -0.240. The summed E-state index contributed by atoms with van der Waals surface area (Å²) >= 11 is 0. The highest BCUT2D eigenvalue weighted by molar-refractivity contribution is 4.90. The number of oxazole rings is 1. The Bertz CT molecular complexity index is 272. The van der Waals surface area contributed by atoms with E-state index >= 15 is 0 Å². The second kappa shape index (κ2) is 3.42. The fourth-order valence-corrected chi connectivity index (χ4v) is 0.991. The highest BCUT2D eigenvalue weighted by atomic mass is 16.4. The van der Waals surface area contributed by atoms with Gasteiger partial charge in [0, 0.05) is 6.54 Å². The van der Waals surface area contributed by atoms with Gasteiger partial charge in [0.05, 0.1) is 5.69 Å². The summed E-state index contributed by atoms with van der Waals surface area (Å²) in [5, 5.41) is 0. The van der Waals surface area contributed by atoms with Gasteiger partial charge < -0.3 is 4.42 Å². The summed E-state index contributed by atoms with van der Waals surface area (Å²) in [5.41, 5.74) is 0.906. The van der Waals surface area contributed by atoms with Gasteiger partial charge in [0.25, 0.3) is 0 Å². The second-order valence-corrected chi connectivity index (χ2v) is 2.65. The lowest BCUT2D eigenvalue weighted by Gasteiger charge is -1.98. The van der Waals surface area contributed by atoms with Crippen molar-refractivity contribution in [3.05, 3.63) is 22.5 Å². The van der Waals surface area contributed by atoms with Crippen molar-refractivity contribution in [3.63, 3.8) is 0 Å². The Hall–Kier alpha value is -0.990. The average Bonchev–Trinajstić information content (AvgIpc) is 2.29. The molecule has 0 unspecified atom stereocenters. The van der Waals surface area contributed by atoms with E-state index < -0.39 is 0 Å². The molecule has 3 nitrogen and oxygen atoms in total. The van der Waals surface area contributed by atoms with Gasteiger partial charge in [-0.15, -0.1) is 0 Å². The minimum Gasteiger partial charge on any atom is -0.416 e. The van der Waals surface area contributed by atoms with E-state index in [9.17, 15) is 4.79 Å². The van der Waals surface area contributed by atoms with Crippen molar-refractivity contribution in [1.82, 2.24) is 4.57 Å². The molecule has 0 aliphatic carbocycles. The normalized spacial score (nSPS) is 10.4. The summed E-state index contributed by atoms with van der Waals surface area (Å²) in [4.78, 5) is 10.9. The summed E-state index contributed by atoms with van der Waals surface area (Å²) in [6.07, 6.45) is 3.62. The van der Waals surface area contributed by atoms with Crippen molar-refractivity contribution in [2.75, 3.05) is 0 Å². The molecule has 0 aromatic carbocycles. The Morgan fingerprint density at radius 3 is 2.82 bits per heavy atom. The van der Waals surface area contributed by atoms with Crippen molar-refractivity contribution in [1.29, 1.82) is 0 Å². The van der Waals surface area contributed by atoms with Crippen molar-refractivity contribution in [2.45, 2.75) is 33.2 Å². The summed E-state index contributed by atoms with van der Waals surface area (Å²) in [5.74, 6) is -0.240. The first-order valence-electron chi connectivity index (χ1n) is 3.90. The summed E-state index contributed by atoms with van der Waals surface area (Å²) in [6.45, 7) is 4.75. The van der Waals surface area contributed by atoms with Crippen LogP contribution in [0.15, 0.2) is 15.5 Å². The van der Waals surface area contributed by atoms with Crippen LogP contribution in [-0.4, -0.2) is 4.57 Å². The lowest BCUT2D eigenvalue weighted by Crippen LogP contribution is -2.15. The van der Waals surface area contributed by atoms with Crippen molar-refractivity contribution in [3.8, 4) is 0 Å². The zero-order valence-electron chi connectivity index (χ0n) is 6.96. The maximum atomic E-state index is 10.9. The summed E-state index contributed by atoms with van der Waals surface area (Å²) in [6, 6.07) is 0. The van der Waals surface area contributed by atoms with E-state index in [0.29, 0.717) is 0 Å². The molecule has 0 atom stereocenters. The van der Waals surface area contributed by atoms with E-state index in [1.54, 1.807) is 4.57 Å². The highest BCUT2D eigenvalue weighted by Crippen LogP contribution is 1.97. The van der Waals surface area contributed by atoms with Gasteiger partial charge in [0.15, 0.2) is 0 Å². The van der Waals surface area contributed by atoms with Gasteiger partial charge in [0.2, 0.25) is 0 Å². The molecule has 11 heavy (non-hydrogen) atoms. The fraction of sp³-hybridized carbons (Fsp3) is 0.625. The maximum Gasteiger partial charge on any atom is 0.419 e. The van der Waals surface area contributed by atoms with Crippen LogP contribution in [0.2, 0.25) is 0 Å². The van der Waals surface area contributed by atoms with Crippen molar-refractivity contribution in [2.24, 2.45) is 0 Å². The first-order valence-corrected chi connectivity index (χ1v) is 3.90. The van der Waals surface area contributed by atoms with Crippen LogP contribution in [-0.2, 0) is 6.54 Å². The first-order chi connectivity index (χ1) is 5.25. The lowest BCUT2D eigenvalue weighted by atomic mass is 10.3. The van der Waals surface area contributed by atoms with Crippen LogP contribution in [0, 0.1) is 6.92 Å². The number of aromatic nitrogens is 1. The molecule has 0 N–H and O–H groups in total. The van der Waals surface area contributed by atoms with Gasteiger partial charge in [-0.1, -0.05) is 13.3 Å². The van der Waals surface area contributed by atoms with E-state index in [1.165, 1.54) is 6.26 Å². The molecule has 0 bridgehead atoms. The van der Waals surface area contributed by atoms with Crippen LogP contribution in [0.4, 0.5) is 0 Å². The molecule has 3 heteroatoms. The van der Waals surface area contributed by atoms with Crippen LogP contribution in [0.1, 0.15) is 25.5 Å². The maximum absolute atomic E-state index is 10.9. The molecule has 1 aromatic rings. The molecule has 1 rings (SSSR count). The number of aryl methyl sites for hydroxylation is 1. The molecule has 0 aliphatic heterocycles. The van der Waals surface area contributed by atoms with E-state index in [1.807, 2.05) is 6.92 Å². The van der Waals surface area contributed by atoms with E-state index in [4.69, 9.17) is 4.42 Å². The Balaban J connectivity index is 2.75. The van der Waals surface area contributed by atoms with E-state index in [-0.39, 0.29) is 5.76 Å². The van der Waals surface area contributed by atoms with Gasteiger partial charge in [-0.05, 0) is 13.3 Å². The molecular weight excluding hydrogens is 142 g/mol. The van der Waals surface area contributed by atoms with Gasteiger partial charge in [0.1, 0.15) is 6.26 Å². The van der Waals surface area contributed by atoms with E-state index in [2.05, 4.69) is 6.92 Å². The first kappa shape index (κ1) is 8.11. The SMILES string of the molecule is CCCCn1c(C)coc1=O. The molecular formula is C8H13NO2. The van der Waals surface area contributed by atoms with Gasteiger partial charge in [-0.2, -0.15) is 0 Å². The molecule has 0 aliphatic rings. The quantitative estimate of drug-likeness (QED) is 0.663. The molecule has 1 aromatic heterocycles. The largest absolute Gasteiger partial charge is 0.419 e. The number of hydrogen-bond donors (Lipinski definition) is 0. The zero-order valence-corrected chi connectivity index (χ0v) is 6.96. The standard InChI is InChI=1S/C8H13NO2/c1-3-4-5-9-7(2)6-11-8(9)10/h6H,3-5H2,1-2H3. The average molecular weight is 155 g/mol. The van der Waals surface area contributed by atoms with Crippen LogP contribution in [0.25, 0.3) is 0 Å². The molecule has 0 amide bonds. The van der Waals surface area contributed by atoms with Crippen molar-refractivity contribution < 1.29 is 4.42 Å². The topological polar surface area (TPSA) is 35.1 Å². The lowest BCUT2D eigenvalue weighted by molar-refractivity contribution is 0.470. The smallest absolute Gasteiger partial charge is 0.416 e. The third kappa shape index (κ3) is 1.73. The number of rotatable bonds is 3. The monoisotopic (exact) mass is 155 g/mol. The molecule has 0 saturated heterocycles. The molecule has 0 saturated carbocycles. The summed E-state index contributed by atoms with van der Waals surface area (Å²) in [7, 11) is 0. The Kier molecular flexibility index (Phi) is 2.52. The molecule has 0 spiro atoms. The Labute approximate surface area is 65.6 Å². The third-order valence-electron chi connectivity index (χ3n) is 1.71. The van der Waals surface area contributed by atoms with Crippen LogP contribution in [0.5, 0.6) is 0 Å². The fourth-order valence-electron chi connectivity index (χ4n) is 0.991. The molecule has 62 valence electrons.